The molecule has 3 amide bonds. The highest BCUT2D eigenvalue weighted by molar-refractivity contribution is 8.18. The minimum atomic E-state index is -0.364. The minimum absolute atomic E-state index is 0.0546. The monoisotopic (exact) mass is 545 g/mol. The molecule has 10 heteroatoms. The van der Waals surface area contributed by atoms with E-state index in [2.05, 4.69) is 5.32 Å². The Bertz CT molecular complexity index is 1650. The van der Waals surface area contributed by atoms with Gasteiger partial charge in [-0.1, -0.05) is 41.9 Å². The maximum absolute atomic E-state index is 13.1. The van der Waals surface area contributed by atoms with E-state index in [0.29, 0.717) is 27.1 Å². The number of aromatic nitrogens is 1. The standard InChI is InChI=1S/C28H20ClN3O5S/c29-19-5-3-4-17(10-19)13-32-27(34)25(38-28(32)35)11-18-14-31(22-7-2-1-6-21(18)22)15-26(33)30-20-8-9-23-24(12-20)37-16-36-23/h1-12,14H,13,15-16H2,(H,30,33)/b25-11-. The third kappa shape index (κ3) is 4.73. The number of carbonyl (C=O) groups excluding carboxylic acids is 3. The van der Waals surface area contributed by atoms with Crippen LogP contribution in [0.15, 0.2) is 77.8 Å². The molecule has 2 aliphatic rings. The summed E-state index contributed by atoms with van der Waals surface area (Å²) >= 11 is 6.95. The van der Waals surface area contributed by atoms with Gasteiger partial charge in [-0.2, -0.15) is 0 Å². The molecule has 0 atom stereocenters. The molecule has 0 aliphatic carbocycles. The molecule has 4 aromatic rings. The van der Waals surface area contributed by atoms with E-state index in [1.165, 1.54) is 4.90 Å². The van der Waals surface area contributed by atoms with Gasteiger partial charge in [0.05, 0.1) is 11.4 Å². The Morgan fingerprint density at radius 1 is 1.03 bits per heavy atom. The van der Waals surface area contributed by atoms with E-state index < -0.39 is 0 Å². The molecule has 8 nitrogen and oxygen atoms in total. The third-order valence-corrected chi connectivity index (χ3v) is 7.32. The van der Waals surface area contributed by atoms with Crippen LogP contribution in [0.3, 0.4) is 0 Å². The molecule has 6 rings (SSSR count). The van der Waals surface area contributed by atoms with E-state index >= 15 is 0 Å². The molecule has 1 N–H and O–H groups in total. The zero-order valence-electron chi connectivity index (χ0n) is 19.8. The van der Waals surface area contributed by atoms with Gasteiger partial charge >= 0.3 is 0 Å². The topological polar surface area (TPSA) is 89.9 Å². The molecule has 1 saturated heterocycles. The second-order valence-electron chi connectivity index (χ2n) is 8.74. The molecule has 3 aromatic carbocycles. The number of para-hydroxylation sites is 1. The Morgan fingerprint density at radius 3 is 2.74 bits per heavy atom. The van der Waals surface area contributed by atoms with Gasteiger partial charge in [-0.25, -0.2) is 0 Å². The van der Waals surface area contributed by atoms with Crippen molar-refractivity contribution >= 4 is 63.1 Å². The maximum atomic E-state index is 13.1. The van der Waals surface area contributed by atoms with Gasteiger partial charge in [-0.3, -0.25) is 19.3 Å². The number of ether oxygens (including phenoxy) is 2. The van der Waals surface area contributed by atoms with Crippen molar-refractivity contribution in [2.75, 3.05) is 12.1 Å². The van der Waals surface area contributed by atoms with Crippen molar-refractivity contribution in [2.45, 2.75) is 13.1 Å². The van der Waals surface area contributed by atoms with Gasteiger partial charge in [0.1, 0.15) is 6.54 Å². The second-order valence-corrected chi connectivity index (χ2v) is 10.2. The van der Waals surface area contributed by atoms with Crippen molar-refractivity contribution in [1.29, 1.82) is 0 Å². The highest BCUT2D eigenvalue weighted by atomic mass is 35.5. The Kier molecular flexibility index (Phi) is 6.30. The summed E-state index contributed by atoms with van der Waals surface area (Å²) in [6, 6.07) is 19.9. The van der Waals surface area contributed by atoms with Gasteiger partial charge < -0.3 is 19.4 Å². The van der Waals surface area contributed by atoms with Gasteiger partial charge in [-0.05, 0) is 53.7 Å². The van der Waals surface area contributed by atoms with Crippen LogP contribution in [0.5, 0.6) is 11.5 Å². The lowest BCUT2D eigenvalue weighted by molar-refractivity contribution is -0.123. The summed E-state index contributed by atoms with van der Waals surface area (Å²) in [4.78, 5) is 40.2. The summed E-state index contributed by atoms with van der Waals surface area (Å²) < 4.78 is 12.5. The number of fused-ring (bicyclic) bond motifs is 2. The number of imide groups is 1. The number of benzene rings is 3. The number of hydrogen-bond acceptors (Lipinski definition) is 6. The first-order valence-electron chi connectivity index (χ1n) is 11.7. The zero-order chi connectivity index (χ0) is 26.2. The molecule has 1 aromatic heterocycles. The Hall–Kier alpha value is -4.21. The first-order chi connectivity index (χ1) is 18.4. The zero-order valence-corrected chi connectivity index (χ0v) is 21.4. The van der Waals surface area contributed by atoms with E-state index in [-0.39, 0.29) is 36.9 Å². The lowest BCUT2D eigenvalue weighted by Gasteiger charge is -2.12. The SMILES string of the molecule is O=C(Cn1cc(/C=C2\SC(=O)N(Cc3cccc(Cl)c3)C2=O)c2ccccc21)Nc1ccc2c(c1)OCO2. The Balaban J connectivity index is 1.23. The summed E-state index contributed by atoms with van der Waals surface area (Å²) in [6.07, 6.45) is 3.52. The van der Waals surface area contributed by atoms with Crippen molar-refractivity contribution in [3.8, 4) is 11.5 Å². The number of nitrogens with zero attached hydrogens (tertiary/aromatic N) is 2. The van der Waals surface area contributed by atoms with Crippen molar-refractivity contribution < 1.29 is 23.9 Å². The maximum Gasteiger partial charge on any atom is 0.293 e. The van der Waals surface area contributed by atoms with Crippen LogP contribution in [-0.4, -0.2) is 33.3 Å². The van der Waals surface area contributed by atoms with Crippen LogP contribution in [0, 0.1) is 0 Å². The fraction of sp³-hybridized carbons (Fsp3) is 0.107. The van der Waals surface area contributed by atoms with Gasteiger partial charge in [0, 0.05) is 39.4 Å². The molecule has 0 bridgehead atoms. The molecule has 0 saturated carbocycles. The number of carbonyl (C=O) groups is 3. The normalized spacial score (nSPS) is 15.6. The highest BCUT2D eigenvalue weighted by Crippen LogP contribution is 2.36. The number of nitrogens with one attached hydrogen (secondary N) is 1. The average Bonchev–Trinajstić information content (AvgIpc) is 3.57. The molecule has 38 heavy (non-hydrogen) atoms. The summed E-state index contributed by atoms with van der Waals surface area (Å²) in [5, 5.41) is 3.95. The highest BCUT2D eigenvalue weighted by Gasteiger charge is 2.35. The Morgan fingerprint density at radius 2 is 1.87 bits per heavy atom. The summed E-state index contributed by atoms with van der Waals surface area (Å²) in [7, 11) is 0. The van der Waals surface area contributed by atoms with Crippen molar-refractivity contribution in [2.24, 2.45) is 0 Å². The first-order valence-corrected chi connectivity index (χ1v) is 12.9. The number of rotatable bonds is 6. The van der Waals surface area contributed by atoms with E-state index in [9.17, 15) is 14.4 Å². The largest absolute Gasteiger partial charge is 0.454 e. The van der Waals surface area contributed by atoms with Gasteiger partial charge in [0.2, 0.25) is 12.7 Å². The molecule has 190 valence electrons. The smallest absolute Gasteiger partial charge is 0.293 e. The van der Waals surface area contributed by atoms with E-state index in [1.54, 1.807) is 42.5 Å². The Labute approximate surface area is 226 Å². The number of hydrogen-bond donors (Lipinski definition) is 1. The fourth-order valence-electron chi connectivity index (χ4n) is 4.45. The lowest BCUT2D eigenvalue weighted by atomic mass is 10.1. The predicted octanol–water partition coefficient (Wildman–Crippen LogP) is 5.90. The minimum Gasteiger partial charge on any atom is -0.454 e. The van der Waals surface area contributed by atoms with E-state index in [0.717, 1.165) is 33.8 Å². The fourth-order valence-corrected chi connectivity index (χ4v) is 5.49. The average molecular weight is 546 g/mol. The quantitative estimate of drug-likeness (QED) is 0.303. The van der Waals surface area contributed by atoms with Crippen LogP contribution >= 0.6 is 23.4 Å². The second kappa shape index (κ2) is 9.92. The van der Waals surface area contributed by atoms with Gasteiger partial charge in [0.15, 0.2) is 11.5 Å². The molecule has 0 unspecified atom stereocenters. The van der Waals surface area contributed by atoms with Gasteiger partial charge in [-0.15, -0.1) is 0 Å². The molecule has 0 spiro atoms. The number of thioether (sulfide) groups is 1. The van der Waals surface area contributed by atoms with Crippen LogP contribution in [0.1, 0.15) is 11.1 Å². The van der Waals surface area contributed by atoms with Crippen molar-refractivity contribution in [3.63, 3.8) is 0 Å². The third-order valence-electron chi connectivity index (χ3n) is 6.18. The van der Waals surface area contributed by atoms with E-state index in [4.69, 9.17) is 21.1 Å². The van der Waals surface area contributed by atoms with Crippen LogP contribution in [0.25, 0.3) is 17.0 Å². The molecular formula is C28H20ClN3O5S. The lowest BCUT2D eigenvalue weighted by Crippen LogP contribution is -2.27. The molecule has 3 heterocycles. The molecule has 1 fully saturated rings. The number of amides is 3. The number of halogens is 1. The first kappa shape index (κ1) is 24.1. The van der Waals surface area contributed by atoms with Gasteiger partial charge in [0.25, 0.3) is 11.1 Å². The van der Waals surface area contributed by atoms with Crippen LogP contribution in [-0.2, 0) is 22.7 Å². The van der Waals surface area contributed by atoms with Crippen LogP contribution in [0.2, 0.25) is 5.02 Å². The summed E-state index contributed by atoms with van der Waals surface area (Å²) in [5.41, 5.74) is 2.94. The molecule has 2 aliphatic heterocycles. The summed E-state index contributed by atoms with van der Waals surface area (Å²) in [5.74, 6) is 0.636. The van der Waals surface area contributed by atoms with Crippen molar-refractivity contribution in [1.82, 2.24) is 9.47 Å². The number of anilines is 1. The van der Waals surface area contributed by atoms with Crippen LogP contribution < -0.4 is 14.8 Å². The summed E-state index contributed by atoms with van der Waals surface area (Å²) in [6.45, 7) is 0.356. The van der Waals surface area contributed by atoms with E-state index in [1.807, 2.05) is 41.1 Å². The molecular weight excluding hydrogens is 526 g/mol. The van der Waals surface area contributed by atoms with Crippen LogP contribution in [0.4, 0.5) is 10.5 Å². The van der Waals surface area contributed by atoms with Crippen molar-refractivity contribution in [3.05, 3.63) is 94.0 Å². The molecule has 0 radical (unpaired) electrons. The predicted molar refractivity (Wildman–Crippen MR) is 146 cm³/mol.